The smallest absolute Gasteiger partial charge is 0.294 e. The highest BCUT2D eigenvalue weighted by atomic mass is 17.0. The zero-order valence-corrected chi connectivity index (χ0v) is 8.14. The highest BCUT2D eigenvalue weighted by Gasteiger charge is 2.24. The van der Waals surface area contributed by atoms with E-state index in [-0.39, 0.29) is 25.4 Å². The summed E-state index contributed by atoms with van der Waals surface area (Å²) in [6.07, 6.45) is -0.0548. The summed E-state index contributed by atoms with van der Waals surface area (Å²) in [5, 5.41) is 17.3. The van der Waals surface area contributed by atoms with Gasteiger partial charge in [-0.1, -0.05) is 0 Å². The second kappa shape index (κ2) is 6.02. The van der Waals surface area contributed by atoms with Crippen molar-refractivity contribution in [2.45, 2.75) is 12.2 Å². The first-order chi connectivity index (χ1) is 7.58. The highest BCUT2D eigenvalue weighted by molar-refractivity contribution is 4.66. The number of hydrogen-bond acceptors (Lipinski definition) is 8. The second-order valence-electron chi connectivity index (χ2n) is 2.95. The molecule has 0 aromatic carbocycles. The van der Waals surface area contributed by atoms with Gasteiger partial charge in [-0.2, -0.15) is 0 Å². The van der Waals surface area contributed by atoms with Gasteiger partial charge in [0.15, 0.2) is 0 Å². The summed E-state index contributed by atoms with van der Waals surface area (Å²) < 4.78 is 9.26. The number of hydrogen-bond donors (Lipinski definition) is 0. The van der Waals surface area contributed by atoms with E-state index in [0.29, 0.717) is 13.2 Å². The third kappa shape index (κ3) is 7.70. The quantitative estimate of drug-likeness (QED) is 0.333. The van der Waals surface area contributed by atoms with Gasteiger partial charge in [0.2, 0.25) is 0 Å². The molecule has 0 aromatic heterocycles. The van der Waals surface area contributed by atoms with Gasteiger partial charge in [0.25, 0.3) is 10.2 Å². The Hall–Kier alpha value is -1.68. The largest absolute Gasteiger partial charge is 0.371 e. The first-order valence-corrected chi connectivity index (χ1v) is 4.35. The van der Waals surface area contributed by atoms with Gasteiger partial charge >= 0.3 is 0 Å². The van der Waals surface area contributed by atoms with Gasteiger partial charge in [0.05, 0.1) is 13.2 Å². The topological polar surface area (TPSA) is 130 Å². The van der Waals surface area contributed by atoms with Gasteiger partial charge in [-0.3, -0.25) is 0 Å². The average molecular weight is 238 g/mol. The van der Waals surface area contributed by atoms with Crippen LogP contribution in [0.2, 0.25) is 0 Å². The van der Waals surface area contributed by atoms with E-state index in [1.807, 2.05) is 0 Å². The summed E-state index contributed by atoms with van der Waals surface area (Å²) in [5.41, 5.74) is 0. The van der Waals surface area contributed by atoms with Crippen molar-refractivity contribution in [3.05, 3.63) is 20.2 Å². The summed E-state index contributed by atoms with van der Waals surface area (Å²) in [6.45, 7) is 1.34. The second-order valence-corrected chi connectivity index (χ2v) is 2.95. The Morgan fingerprint density at radius 3 is 1.50 bits per heavy atom. The minimum Gasteiger partial charge on any atom is -0.371 e. The molecule has 10 nitrogen and oxygen atoms in total. The van der Waals surface area contributed by atoms with Crippen LogP contribution in [0.15, 0.2) is 0 Å². The van der Waals surface area contributed by atoms with Crippen LogP contribution in [0.25, 0.3) is 0 Å². The molecule has 0 spiro atoms. The predicted octanol–water partition coefficient (Wildman–Crippen LogP) is -0.813. The predicted molar refractivity (Wildman–Crippen MR) is 45.4 cm³/mol. The number of rotatable bonds is 6. The van der Waals surface area contributed by atoms with Crippen LogP contribution < -0.4 is 0 Å². The Morgan fingerprint density at radius 2 is 1.31 bits per heavy atom. The van der Waals surface area contributed by atoms with Gasteiger partial charge in [-0.05, 0) is 0 Å². The molecule has 2 rings (SSSR count). The molecule has 16 heavy (non-hydrogen) atoms. The molecule has 2 atom stereocenters. The van der Waals surface area contributed by atoms with Crippen molar-refractivity contribution in [1.82, 2.24) is 0 Å². The molecular weight excluding hydrogens is 228 g/mol. The van der Waals surface area contributed by atoms with E-state index < -0.39 is 10.2 Å². The summed E-state index contributed by atoms with van der Waals surface area (Å²) in [7, 11) is 0. The molecule has 2 aliphatic heterocycles. The van der Waals surface area contributed by atoms with Crippen molar-refractivity contribution in [1.29, 1.82) is 0 Å². The van der Waals surface area contributed by atoms with E-state index in [0.717, 1.165) is 0 Å². The number of ether oxygens (including phenoxy) is 2. The van der Waals surface area contributed by atoms with E-state index in [1.165, 1.54) is 0 Å². The van der Waals surface area contributed by atoms with Crippen LogP contribution in [0.4, 0.5) is 0 Å². The highest BCUT2D eigenvalue weighted by Crippen LogP contribution is 2.08. The normalized spacial score (nSPS) is 24.8. The van der Waals surface area contributed by atoms with E-state index in [9.17, 15) is 20.2 Å². The molecule has 2 heterocycles. The van der Waals surface area contributed by atoms with Gasteiger partial charge < -0.3 is 19.1 Å². The molecule has 2 fully saturated rings. The molecule has 10 heteroatoms. The van der Waals surface area contributed by atoms with Gasteiger partial charge in [0.1, 0.15) is 25.4 Å². The summed E-state index contributed by atoms with van der Waals surface area (Å²) in [4.78, 5) is 26.8. The van der Waals surface area contributed by atoms with Crippen molar-refractivity contribution >= 4 is 0 Å². The Kier molecular flexibility index (Phi) is 4.66. The zero-order valence-electron chi connectivity index (χ0n) is 8.14. The van der Waals surface area contributed by atoms with Crippen molar-refractivity contribution in [2.24, 2.45) is 0 Å². The zero-order chi connectivity index (χ0) is 12.0. The van der Waals surface area contributed by atoms with Crippen molar-refractivity contribution < 1.29 is 29.3 Å². The lowest BCUT2D eigenvalue weighted by Crippen LogP contribution is -2.06. The maximum absolute atomic E-state index is 9.46. The Morgan fingerprint density at radius 1 is 1.00 bits per heavy atom. The maximum Gasteiger partial charge on any atom is 0.294 e. The Bertz CT molecular complexity index is 225. The lowest BCUT2D eigenvalue weighted by atomic mass is 10.5. The first-order valence-electron chi connectivity index (χ1n) is 4.35. The molecule has 0 saturated carbocycles. The molecule has 2 aliphatic rings. The lowest BCUT2D eigenvalue weighted by Gasteiger charge is -1.89. The minimum absolute atomic E-state index is 0.0274. The fraction of sp³-hybridized carbons (Fsp3) is 1.00. The summed E-state index contributed by atoms with van der Waals surface area (Å²) in [5.74, 6) is 0. The SMILES string of the molecule is O=[N+]([O-])OCC1CO1.O=[N+]([O-])OCC1CO1. The van der Waals surface area contributed by atoms with E-state index in [2.05, 4.69) is 19.1 Å². The third-order valence-corrected chi connectivity index (χ3v) is 1.54. The summed E-state index contributed by atoms with van der Waals surface area (Å²) >= 11 is 0. The average Bonchev–Trinajstić information content (AvgIpc) is 3.06. The Labute approximate surface area is 89.2 Å². The van der Waals surface area contributed by atoms with E-state index >= 15 is 0 Å². The van der Waals surface area contributed by atoms with Crippen LogP contribution in [0.5, 0.6) is 0 Å². The standard InChI is InChI=1S/2C3H5NO4/c2*5-4(6)8-2-3-1-7-3/h2*3H,1-2H2. The number of nitrogens with zero attached hydrogens (tertiary/aromatic N) is 2. The molecular formula is C6H10N2O8. The van der Waals surface area contributed by atoms with Gasteiger partial charge in [-0.15, -0.1) is 20.2 Å². The number of epoxide rings is 2. The van der Waals surface area contributed by atoms with Crippen molar-refractivity contribution in [2.75, 3.05) is 26.4 Å². The molecule has 0 amide bonds. The van der Waals surface area contributed by atoms with Crippen molar-refractivity contribution in [3.63, 3.8) is 0 Å². The molecule has 2 saturated heterocycles. The van der Waals surface area contributed by atoms with Crippen LogP contribution >= 0.6 is 0 Å². The fourth-order valence-corrected chi connectivity index (χ4v) is 0.617. The molecule has 0 aliphatic carbocycles. The summed E-state index contributed by atoms with van der Waals surface area (Å²) in [6, 6.07) is 0. The Balaban J connectivity index is 0.000000160. The van der Waals surface area contributed by atoms with Crippen LogP contribution in [-0.4, -0.2) is 48.8 Å². The molecule has 0 radical (unpaired) electrons. The van der Waals surface area contributed by atoms with Crippen LogP contribution in [0.1, 0.15) is 0 Å². The van der Waals surface area contributed by atoms with Gasteiger partial charge in [0, 0.05) is 0 Å². The van der Waals surface area contributed by atoms with E-state index in [4.69, 9.17) is 0 Å². The first kappa shape index (κ1) is 12.4. The third-order valence-electron chi connectivity index (χ3n) is 1.54. The monoisotopic (exact) mass is 238 g/mol. The minimum atomic E-state index is -0.818. The molecule has 0 aromatic rings. The van der Waals surface area contributed by atoms with E-state index in [1.54, 1.807) is 0 Å². The van der Waals surface area contributed by atoms with Gasteiger partial charge in [-0.25, -0.2) is 0 Å². The van der Waals surface area contributed by atoms with Crippen LogP contribution in [-0.2, 0) is 19.1 Å². The van der Waals surface area contributed by atoms with Crippen molar-refractivity contribution in [3.8, 4) is 0 Å². The molecule has 92 valence electrons. The molecule has 2 unspecified atom stereocenters. The van der Waals surface area contributed by atoms with Crippen LogP contribution in [0.3, 0.4) is 0 Å². The fourth-order valence-electron chi connectivity index (χ4n) is 0.617. The van der Waals surface area contributed by atoms with Crippen LogP contribution in [0, 0.1) is 20.2 Å². The maximum atomic E-state index is 9.46. The molecule has 0 bridgehead atoms. The lowest BCUT2D eigenvalue weighted by molar-refractivity contribution is -0.758. The molecule has 0 N–H and O–H groups in total.